The van der Waals surface area contributed by atoms with Crippen molar-refractivity contribution < 1.29 is 4.79 Å². The third kappa shape index (κ3) is 2.24. The van der Waals surface area contributed by atoms with Crippen LogP contribution in [0.25, 0.3) is 10.9 Å². The lowest BCUT2D eigenvalue weighted by Crippen LogP contribution is -2.52. The van der Waals surface area contributed by atoms with E-state index in [9.17, 15) is 4.79 Å². The van der Waals surface area contributed by atoms with Crippen molar-refractivity contribution in [2.45, 2.75) is 13.0 Å². The van der Waals surface area contributed by atoms with Gasteiger partial charge in [-0.15, -0.1) is 0 Å². The lowest BCUT2D eigenvalue weighted by molar-refractivity contribution is 0.0572. The predicted octanol–water partition coefficient (Wildman–Crippen LogP) is 1.94. The second-order valence-electron chi connectivity index (χ2n) is 5.36. The first-order valence-corrected chi connectivity index (χ1v) is 6.72. The number of hydrogen-bond donors (Lipinski definition) is 1. The van der Waals surface area contributed by atoms with Crippen LogP contribution in [0.15, 0.2) is 30.5 Å². The molecule has 0 bridgehead atoms. The number of benzene rings is 1. The van der Waals surface area contributed by atoms with Crippen molar-refractivity contribution >= 4 is 16.8 Å². The summed E-state index contributed by atoms with van der Waals surface area (Å²) in [7, 11) is 2.11. The fraction of sp³-hybridized carbons (Fsp3) is 0.400. The summed E-state index contributed by atoms with van der Waals surface area (Å²) in [6, 6.07) is 8.30. The number of hydrogen-bond acceptors (Lipinski definition) is 2. The molecule has 2 heterocycles. The van der Waals surface area contributed by atoms with E-state index in [1.54, 1.807) is 0 Å². The molecule has 1 amide bonds. The molecular weight excluding hydrogens is 238 g/mol. The lowest BCUT2D eigenvalue weighted by atomic mass is 10.1. The van der Waals surface area contributed by atoms with E-state index >= 15 is 0 Å². The highest BCUT2D eigenvalue weighted by Gasteiger charge is 2.25. The highest BCUT2D eigenvalue weighted by atomic mass is 16.2. The molecule has 2 aromatic rings. The number of carbonyl (C=O) groups excluding carboxylic acids is 1. The van der Waals surface area contributed by atoms with Gasteiger partial charge in [0, 0.05) is 43.0 Å². The minimum atomic E-state index is 0.136. The molecular formula is C15H19N3O. The molecule has 1 aliphatic rings. The molecule has 1 N–H and O–H groups in total. The quantitative estimate of drug-likeness (QED) is 0.848. The summed E-state index contributed by atoms with van der Waals surface area (Å²) < 4.78 is 0. The summed E-state index contributed by atoms with van der Waals surface area (Å²) in [6.45, 7) is 4.71. The molecule has 19 heavy (non-hydrogen) atoms. The van der Waals surface area contributed by atoms with E-state index < -0.39 is 0 Å². The summed E-state index contributed by atoms with van der Waals surface area (Å²) in [5.74, 6) is 0.136. The van der Waals surface area contributed by atoms with Gasteiger partial charge in [0.15, 0.2) is 0 Å². The Bertz CT molecular complexity index is 604. The number of nitrogens with one attached hydrogen (secondary N) is 1. The Hall–Kier alpha value is -1.81. The van der Waals surface area contributed by atoms with Crippen LogP contribution in [0.3, 0.4) is 0 Å². The van der Waals surface area contributed by atoms with Gasteiger partial charge in [-0.1, -0.05) is 6.07 Å². The van der Waals surface area contributed by atoms with Gasteiger partial charge in [0.25, 0.3) is 5.91 Å². The third-order valence-corrected chi connectivity index (χ3v) is 4.05. The Labute approximate surface area is 113 Å². The van der Waals surface area contributed by atoms with Gasteiger partial charge >= 0.3 is 0 Å². The average molecular weight is 257 g/mol. The largest absolute Gasteiger partial charge is 0.361 e. The molecule has 4 heteroatoms. The van der Waals surface area contributed by atoms with Gasteiger partial charge in [-0.3, -0.25) is 4.79 Å². The zero-order chi connectivity index (χ0) is 13.4. The molecule has 0 aliphatic carbocycles. The number of H-pyrrole nitrogens is 1. The fourth-order valence-electron chi connectivity index (χ4n) is 2.60. The van der Waals surface area contributed by atoms with Gasteiger partial charge < -0.3 is 14.8 Å². The maximum atomic E-state index is 12.5. The molecule has 100 valence electrons. The molecule has 4 nitrogen and oxygen atoms in total. The second-order valence-corrected chi connectivity index (χ2v) is 5.36. The molecule has 1 atom stereocenters. The number of rotatable bonds is 1. The monoisotopic (exact) mass is 257 g/mol. The molecule has 0 saturated carbocycles. The maximum Gasteiger partial charge on any atom is 0.254 e. The van der Waals surface area contributed by atoms with E-state index in [1.165, 1.54) is 0 Å². The number of likely N-dealkylation sites (N-methyl/N-ethyl adjacent to an activating group) is 1. The van der Waals surface area contributed by atoms with Crippen molar-refractivity contribution in [2.75, 3.05) is 26.7 Å². The van der Waals surface area contributed by atoms with Crippen molar-refractivity contribution in [1.82, 2.24) is 14.8 Å². The van der Waals surface area contributed by atoms with Crippen molar-refractivity contribution in [3.63, 3.8) is 0 Å². The first-order chi connectivity index (χ1) is 9.15. The van der Waals surface area contributed by atoms with Gasteiger partial charge in [0.1, 0.15) is 0 Å². The van der Waals surface area contributed by atoms with Crippen LogP contribution in [0, 0.1) is 0 Å². The Morgan fingerprint density at radius 2 is 2.16 bits per heavy atom. The van der Waals surface area contributed by atoms with E-state index in [0.717, 1.165) is 36.1 Å². The van der Waals surface area contributed by atoms with Crippen LogP contribution in [-0.2, 0) is 0 Å². The number of carbonyl (C=O) groups is 1. The van der Waals surface area contributed by atoms with Crippen LogP contribution < -0.4 is 0 Å². The summed E-state index contributed by atoms with van der Waals surface area (Å²) in [5, 5.41) is 1.14. The molecule has 1 fully saturated rings. The molecule has 1 aromatic carbocycles. The Morgan fingerprint density at radius 1 is 1.32 bits per heavy atom. The molecule has 1 aromatic heterocycles. The van der Waals surface area contributed by atoms with E-state index in [-0.39, 0.29) is 5.91 Å². The van der Waals surface area contributed by atoms with Crippen LogP contribution in [0.1, 0.15) is 17.3 Å². The standard InChI is InChI=1S/C15H19N3O/c1-11-10-18(8-7-17(11)2)15(19)13-4-3-12-5-6-16-14(12)9-13/h3-6,9,11,16H,7-8,10H2,1-2H3. The molecule has 3 rings (SSSR count). The van der Waals surface area contributed by atoms with Gasteiger partial charge in [0.2, 0.25) is 0 Å². The second kappa shape index (κ2) is 4.70. The minimum absolute atomic E-state index is 0.136. The smallest absolute Gasteiger partial charge is 0.254 e. The number of aromatic amines is 1. The van der Waals surface area contributed by atoms with Gasteiger partial charge in [-0.05, 0) is 37.6 Å². The number of piperazine rings is 1. The topological polar surface area (TPSA) is 39.3 Å². The number of amides is 1. The van der Waals surface area contributed by atoms with Crippen LogP contribution in [0.5, 0.6) is 0 Å². The predicted molar refractivity (Wildman–Crippen MR) is 76.3 cm³/mol. The van der Waals surface area contributed by atoms with Gasteiger partial charge in [-0.2, -0.15) is 0 Å². The third-order valence-electron chi connectivity index (χ3n) is 4.05. The SMILES string of the molecule is CC1CN(C(=O)c2ccc3cc[nH]c3c2)CCN1C. The zero-order valence-electron chi connectivity index (χ0n) is 11.4. The van der Waals surface area contributed by atoms with Crippen LogP contribution in [0.2, 0.25) is 0 Å². The molecule has 0 radical (unpaired) electrons. The lowest BCUT2D eigenvalue weighted by Gasteiger charge is -2.37. The zero-order valence-corrected chi connectivity index (χ0v) is 11.4. The van der Waals surface area contributed by atoms with Gasteiger partial charge in [-0.25, -0.2) is 0 Å². The van der Waals surface area contributed by atoms with E-state index in [0.29, 0.717) is 6.04 Å². The van der Waals surface area contributed by atoms with Crippen LogP contribution >= 0.6 is 0 Å². The highest BCUT2D eigenvalue weighted by molar-refractivity contribution is 5.98. The molecule has 1 saturated heterocycles. The first kappa shape index (κ1) is 12.2. The minimum Gasteiger partial charge on any atom is -0.361 e. The summed E-state index contributed by atoms with van der Waals surface area (Å²) >= 11 is 0. The summed E-state index contributed by atoms with van der Waals surface area (Å²) in [5.41, 5.74) is 1.79. The van der Waals surface area contributed by atoms with Gasteiger partial charge in [0.05, 0.1) is 0 Å². The molecule has 1 unspecified atom stereocenters. The van der Waals surface area contributed by atoms with E-state index in [4.69, 9.17) is 0 Å². The average Bonchev–Trinajstić information content (AvgIpc) is 2.88. The van der Waals surface area contributed by atoms with Crippen molar-refractivity contribution in [1.29, 1.82) is 0 Å². The molecule has 0 spiro atoms. The van der Waals surface area contributed by atoms with Crippen LogP contribution in [-0.4, -0.2) is 53.4 Å². The summed E-state index contributed by atoms with van der Waals surface area (Å²) in [4.78, 5) is 19.9. The van der Waals surface area contributed by atoms with E-state index in [1.807, 2.05) is 35.4 Å². The Kier molecular flexibility index (Phi) is 3.03. The van der Waals surface area contributed by atoms with Crippen molar-refractivity contribution in [2.24, 2.45) is 0 Å². The Balaban J connectivity index is 1.83. The van der Waals surface area contributed by atoms with Crippen molar-refractivity contribution in [3.8, 4) is 0 Å². The number of nitrogens with zero attached hydrogens (tertiary/aromatic N) is 2. The maximum absolute atomic E-state index is 12.5. The first-order valence-electron chi connectivity index (χ1n) is 6.72. The Morgan fingerprint density at radius 3 is 2.95 bits per heavy atom. The number of fused-ring (bicyclic) bond motifs is 1. The highest BCUT2D eigenvalue weighted by Crippen LogP contribution is 2.17. The van der Waals surface area contributed by atoms with Crippen molar-refractivity contribution in [3.05, 3.63) is 36.0 Å². The fourth-order valence-corrected chi connectivity index (χ4v) is 2.60. The van der Waals surface area contributed by atoms with E-state index in [2.05, 4.69) is 23.9 Å². The normalized spacial score (nSPS) is 20.9. The molecule has 1 aliphatic heterocycles. The summed E-state index contributed by atoms with van der Waals surface area (Å²) in [6.07, 6.45) is 1.90. The number of aromatic nitrogens is 1. The van der Waals surface area contributed by atoms with Crippen LogP contribution in [0.4, 0.5) is 0 Å².